The maximum absolute atomic E-state index is 4.46. The van der Waals surface area contributed by atoms with E-state index < -0.39 is 0 Å². The third-order valence-electron chi connectivity index (χ3n) is 2.47. The zero-order chi connectivity index (χ0) is 9.68. The highest BCUT2D eigenvalue weighted by atomic mass is 32.2. The quantitative estimate of drug-likeness (QED) is 0.754. The molecule has 0 radical (unpaired) electrons. The lowest BCUT2D eigenvalue weighted by atomic mass is 10.1. The zero-order valence-electron chi connectivity index (χ0n) is 8.84. The van der Waals surface area contributed by atoms with Gasteiger partial charge in [0.25, 0.3) is 0 Å². The average molecular weight is 200 g/mol. The first-order valence-corrected chi connectivity index (χ1v) is 6.09. The maximum Gasteiger partial charge on any atom is 0.156 e. The van der Waals surface area contributed by atoms with Crippen molar-refractivity contribution in [1.29, 1.82) is 0 Å². The summed E-state index contributed by atoms with van der Waals surface area (Å²) >= 11 is 1.90. The Morgan fingerprint density at radius 1 is 1.62 bits per heavy atom. The van der Waals surface area contributed by atoms with Gasteiger partial charge in [0, 0.05) is 11.8 Å². The Morgan fingerprint density at radius 3 is 2.92 bits per heavy atom. The van der Waals surface area contributed by atoms with E-state index in [1.54, 1.807) is 0 Å². The minimum absolute atomic E-state index is 0.722. The first-order valence-electron chi connectivity index (χ1n) is 5.21. The van der Waals surface area contributed by atoms with Gasteiger partial charge >= 0.3 is 0 Å². The summed E-state index contributed by atoms with van der Waals surface area (Å²) in [7, 11) is 0. The number of hydrogen-bond acceptors (Lipinski definition) is 3. The summed E-state index contributed by atoms with van der Waals surface area (Å²) in [5.74, 6) is 0.754. The molecule has 1 aliphatic rings. The smallest absolute Gasteiger partial charge is 0.156 e. The topological polar surface area (TPSA) is 24.4 Å². The lowest BCUT2D eigenvalue weighted by Crippen LogP contribution is -2.25. The van der Waals surface area contributed by atoms with Crippen LogP contribution in [-0.4, -0.2) is 23.5 Å². The predicted octanol–water partition coefficient (Wildman–Crippen LogP) is 2.50. The van der Waals surface area contributed by atoms with Crippen LogP contribution in [0.25, 0.3) is 0 Å². The van der Waals surface area contributed by atoms with Crippen molar-refractivity contribution >= 4 is 16.9 Å². The van der Waals surface area contributed by atoms with Crippen molar-refractivity contribution in [3.05, 3.63) is 0 Å². The molecule has 0 bridgehead atoms. The molecule has 0 saturated carbocycles. The van der Waals surface area contributed by atoms with E-state index in [1.807, 2.05) is 11.8 Å². The van der Waals surface area contributed by atoms with Gasteiger partial charge in [0.05, 0.1) is 6.54 Å². The van der Waals surface area contributed by atoms with E-state index in [4.69, 9.17) is 0 Å². The number of nitrogens with zero attached hydrogens (tertiary/aromatic N) is 1. The van der Waals surface area contributed by atoms with Crippen molar-refractivity contribution in [3.63, 3.8) is 0 Å². The van der Waals surface area contributed by atoms with Gasteiger partial charge in [-0.15, -0.1) is 0 Å². The van der Waals surface area contributed by atoms with Gasteiger partial charge in [-0.05, 0) is 12.3 Å². The van der Waals surface area contributed by atoms with Gasteiger partial charge < -0.3 is 5.32 Å². The normalized spacial score (nSPS) is 24.2. The molecule has 0 aromatic carbocycles. The molecule has 0 aromatic heterocycles. The van der Waals surface area contributed by atoms with E-state index in [0.717, 1.165) is 29.4 Å². The van der Waals surface area contributed by atoms with Gasteiger partial charge in [0.15, 0.2) is 5.17 Å². The number of hydrogen-bond donors (Lipinski definition) is 1. The minimum Gasteiger partial charge on any atom is -0.365 e. The standard InChI is InChI=1S/C10H20N2S/c1-4-8(3)6-11-10-12-7-9(5-2)13-10/h8-9H,4-7H2,1-3H3,(H,11,12). The van der Waals surface area contributed by atoms with Crippen LogP contribution in [0.3, 0.4) is 0 Å². The molecule has 0 spiro atoms. The second-order valence-electron chi connectivity index (χ2n) is 3.69. The van der Waals surface area contributed by atoms with E-state index >= 15 is 0 Å². The Morgan fingerprint density at radius 2 is 2.38 bits per heavy atom. The Hall–Kier alpha value is -0.180. The second-order valence-corrected chi connectivity index (χ2v) is 4.98. The van der Waals surface area contributed by atoms with Crippen molar-refractivity contribution in [2.24, 2.45) is 10.9 Å². The summed E-state index contributed by atoms with van der Waals surface area (Å²) in [6.45, 7) is 8.79. The molecule has 2 nitrogen and oxygen atoms in total. The van der Waals surface area contributed by atoms with E-state index in [0.29, 0.717) is 0 Å². The van der Waals surface area contributed by atoms with Crippen LogP contribution < -0.4 is 5.32 Å². The third-order valence-corrected chi connectivity index (χ3v) is 3.78. The number of nitrogens with one attached hydrogen (secondary N) is 1. The molecule has 1 aliphatic heterocycles. The molecule has 1 rings (SSSR count). The summed E-state index contributed by atoms with van der Waals surface area (Å²) in [5.41, 5.74) is 0. The summed E-state index contributed by atoms with van der Waals surface area (Å²) in [6, 6.07) is 0. The van der Waals surface area contributed by atoms with Crippen LogP contribution in [-0.2, 0) is 0 Å². The average Bonchev–Trinajstić information content (AvgIpc) is 2.61. The molecule has 0 amide bonds. The van der Waals surface area contributed by atoms with E-state index in [1.165, 1.54) is 12.8 Å². The molecule has 0 aliphatic carbocycles. The SMILES string of the molecule is CCC(C)CNC1=NCC(CC)S1. The first kappa shape index (κ1) is 10.9. The molecule has 0 saturated heterocycles. The molecule has 0 fully saturated rings. The number of rotatable bonds is 4. The highest BCUT2D eigenvalue weighted by molar-refractivity contribution is 8.14. The van der Waals surface area contributed by atoms with Crippen LogP contribution in [0, 0.1) is 5.92 Å². The molecule has 2 unspecified atom stereocenters. The molecular weight excluding hydrogens is 180 g/mol. The Kier molecular flexibility index (Phi) is 4.64. The van der Waals surface area contributed by atoms with Gasteiger partial charge in [-0.3, -0.25) is 4.99 Å². The van der Waals surface area contributed by atoms with Gasteiger partial charge in [-0.1, -0.05) is 39.0 Å². The fraction of sp³-hybridized carbons (Fsp3) is 0.900. The summed E-state index contributed by atoms with van der Waals surface area (Å²) in [4.78, 5) is 4.46. The van der Waals surface area contributed by atoms with Crippen LogP contribution in [0.2, 0.25) is 0 Å². The monoisotopic (exact) mass is 200 g/mol. The lowest BCUT2D eigenvalue weighted by Gasteiger charge is -2.10. The Labute approximate surface area is 85.6 Å². The molecule has 1 N–H and O–H groups in total. The zero-order valence-corrected chi connectivity index (χ0v) is 9.66. The van der Waals surface area contributed by atoms with E-state index in [9.17, 15) is 0 Å². The van der Waals surface area contributed by atoms with Gasteiger partial charge in [0.2, 0.25) is 0 Å². The van der Waals surface area contributed by atoms with Gasteiger partial charge in [-0.25, -0.2) is 0 Å². The first-order chi connectivity index (χ1) is 6.26. The van der Waals surface area contributed by atoms with Crippen molar-refractivity contribution in [2.75, 3.05) is 13.1 Å². The summed E-state index contributed by atoms with van der Waals surface area (Å²) in [5, 5.41) is 5.29. The highest BCUT2D eigenvalue weighted by Crippen LogP contribution is 2.21. The van der Waals surface area contributed by atoms with Crippen LogP contribution >= 0.6 is 11.8 Å². The summed E-state index contributed by atoms with van der Waals surface area (Å²) in [6.07, 6.45) is 2.46. The van der Waals surface area contributed by atoms with Gasteiger partial charge in [0.1, 0.15) is 0 Å². The lowest BCUT2D eigenvalue weighted by molar-refractivity contribution is 0.550. The number of amidine groups is 1. The molecule has 2 atom stereocenters. The Balaban J connectivity index is 2.17. The Bertz CT molecular complexity index is 180. The van der Waals surface area contributed by atoms with Crippen LogP contribution in [0.4, 0.5) is 0 Å². The second kappa shape index (κ2) is 5.53. The maximum atomic E-state index is 4.46. The third kappa shape index (κ3) is 3.59. The van der Waals surface area contributed by atoms with E-state index in [2.05, 4.69) is 31.1 Å². The van der Waals surface area contributed by atoms with Crippen molar-refractivity contribution in [2.45, 2.75) is 38.9 Å². The van der Waals surface area contributed by atoms with Crippen LogP contribution in [0.15, 0.2) is 4.99 Å². The largest absolute Gasteiger partial charge is 0.365 e. The molecule has 0 aromatic rings. The highest BCUT2D eigenvalue weighted by Gasteiger charge is 2.17. The van der Waals surface area contributed by atoms with Crippen molar-refractivity contribution < 1.29 is 0 Å². The van der Waals surface area contributed by atoms with E-state index in [-0.39, 0.29) is 0 Å². The van der Waals surface area contributed by atoms with Crippen LogP contribution in [0.5, 0.6) is 0 Å². The molecule has 76 valence electrons. The molecule has 1 heterocycles. The van der Waals surface area contributed by atoms with Crippen molar-refractivity contribution in [3.8, 4) is 0 Å². The fourth-order valence-electron chi connectivity index (χ4n) is 1.13. The molecule has 3 heteroatoms. The molecular formula is C10H20N2S. The predicted molar refractivity (Wildman–Crippen MR) is 61.4 cm³/mol. The number of thioether (sulfide) groups is 1. The fourth-order valence-corrected chi connectivity index (χ4v) is 2.08. The number of aliphatic imine (C=N–C) groups is 1. The minimum atomic E-state index is 0.722. The van der Waals surface area contributed by atoms with Crippen molar-refractivity contribution in [1.82, 2.24) is 5.32 Å². The summed E-state index contributed by atoms with van der Waals surface area (Å²) < 4.78 is 0. The molecule has 13 heavy (non-hydrogen) atoms. The van der Waals surface area contributed by atoms with Gasteiger partial charge in [-0.2, -0.15) is 0 Å². The van der Waals surface area contributed by atoms with Crippen LogP contribution in [0.1, 0.15) is 33.6 Å².